The molecule has 0 radical (unpaired) electrons. The summed E-state index contributed by atoms with van der Waals surface area (Å²) in [6.45, 7) is 5.11. The summed E-state index contributed by atoms with van der Waals surface area (Å²) in [6.07, 6.45) is -0.648. The molecule has 6 nitrogen and oxygen atoms in total. The van der Waals surface area contributed by atoms with Crippen molar-refractivity contribution in [3.63, 3.8) is 0 Å². The van der Waals surface area contributed by atoms with E-state index in [4.69, 9.17) is 21.4 Å². The van der Waals surface area contributed by atoms with Crippen LogP contribution < -0.4 is 5.32 Å². The SMILES string of the molecule is CC(C)(C)OC(=O)NCc1nc(Cl)ccc1C(=O)O. The van der Waals surface area contributed by atoms with Gasteiger partial charge in [-0.15, -0.1) is 0 Å². The topological polar surface area (TPSA) is 88.5 Å². The van der Waals surface area contributed by atoms with Crippen molar-refractivity contribution in [1.82, 2.24) is 10.3 Å². The molecule has 2 N–H and O–H groups in total. The predicted octanol–water partition coefficient (Wildman–Crippen LogP) is 2.46. The number of alkyl carbamates (subject to hydrolysis) is 1. The normalized spacial score (nSPS) is 10.9. The van der Waals surface area contributed by atoms with Crippen LogP contribution in [0.25, 0.3) is 0 Å². The van der Waals surface area contributed by atoms with Crippen molar-refractivity contribution in [2.45, 2.75) is 32.9 Å². The minimum atomic E-state index is -1.13. The fraction of sp³-hybridized carbons (Fsp3) is 0.417. The van der Waals surface area contributed by atoms with Gasteiger partial charge in [0, 0.05) is 0 Å². The summed E-state index contributed by atoms with van der Waals surface area (Å²) in [6, 6.07) is 2.71. The van der Waals surface area contributed by atoms with E-state index in [1.54, 1.807) is 20.8 Å². The Morgan fingerprint density at radius 1 is 1.42 bits per heavy atom. The van der Waals surface area contributed by atoms with E-state index < -0.39 is 17.7 Å². The Balaban J connectivity index is 2.75. The molecule has 0 saturated heterocycles. The van der Waals surface area contributed by atoms with Crippen LogP contribution in [0.5, 0.6) is 0 Å². The zero-order valence-corrected chi connectivity index (χ0v) is 11.6. The number of pyridine rings is 1. The second kappa shape index (κ2) is 5.88. The zero-order valence-electron chi connectivity index (χ0n) is 10.9. The zero-order chi connectivity index (χ0) is 14.6. The Morgan fingerprint density at radius 3 is 2.58 bits per heavy atom. The minimum Gasteiger partial charge on any atom is -0.478 e. The molecular weight excluding hydrogens is 272 g/mol. The van der Waals surface area contributed by atoms with Gasteiger partial charge >= 0.3 is 12.1 Å². The minimum absolute atomic E-state index is 0.0135. The van der Waals surface area contributed by atoms with Gasteiger partial charge in [0.1, 0.15) is 10.8 Å². The van der Waals surface area contributed by atoms with Gasteiger partial charge in [0.05, 0.1) is 17.8 Å². The second-order valence-corrected chi connectivity index (χ2v) is 5.18. The highest BCUT2D eigenvalue weighted by atomic mass is 35.5. The molecule has 19 heavy (non-hydrogen) atoms. The van der Waals surface area contributed by atoms with Crippen LogP contribution in [0, 0.1) is 0 Å². The summed E-state index contributed by atoms with van der Waals surface area (Å²) in [7, 11) is 0. The average molecular weight is 287 g/mol. The van der Waals surface area contributed by atoms with Gasteiger partial charge in [0.25, 0.3) is 0 Å². The van der Waals surface area contributed by atoms with Crippen LogP contribution in [0.4, 0.5) is 4.79 Å². The number of nitrogens with zero attached hydrogens (tertiary/aromatic N) is 1. The van der Waals surface area contributed by atoms with Crippen LogP contribution in [-0.4, -0.2) is 27.8 Å². The second-order valence-electron chi connectivity index (χ2n) is 4.79. The van der Waals surface area contributed by atoms with Gasteiger partial charge in [-0.25, -0.2) is 14.6 Å². The van der Waals surface area contributed by atoms with E-state index in [0.717, 1.165) is 0 Å². The van der Waals surface area contributed by atoms with Gasteiger partial charge in [0.15, 0.2) is 0 Å². The molecule has 104 valence electrons. The average Bonchev–Trinajstić information content (AvgIpc) is 2.23. The fourth-order valence-electron chi connectivity index (χ4n) is 1.27. The maximum absolute atomic E-state index is 11.5. The lowest BCUT2D eigenvalue weighted by Crippen LogP contribution is -2.32. The highest BCUT2D eigenvalue weighted by Gasteiger charge is 2.17. The molecule has 1 rings (SSSR count). The Hall–Kier alpha value is -1.82. The van der Waals surface area contributed by atoms with Gasteiger partial charge in [-0.05, 0) is 32.9 Å². The predicted molar refractivity (Wildman–Crippen MR) is 69.3 cm³/mol. The molecule has 0 unspecified atom stereocenters. The number of carboxylic acid groups (broad SMARTS) is 1. The third-order valence-electron chi connectivity index (χ3n) is 1.97. The third-order valence-corrected chi connectivity index (χ3v) is 2.18. The van der Waals surface area contributed by atoms with Crippen molar-refractivity contribution in [2.24, 2.45) is 0 Å². The van der Waals surface area contributed by atoms with E-state index in [9.17, 15) is 9.59 Å². The number of aromatic nitrogens is 1. The number of rotatable bonds is 3. The molecule has 1 heterocycles. The number of carbonyl (C=O) groups is 2. The van der Waals surface area contributed by atoms with Crippen molar-refractivity contribution in [1.29, 1.82) is 0 Å². The van der Waals surface area contributed by atoms with E-state index in [1.807, 2.05) is 0 Å². The Morgan fingerprint density at radius 2 is 2.05 bits per heavy atom. The van der Waals surface area contributed by atoms with Crippen molar-refractivity contribution < 1.29 is 19.4 Å². The number of nitrogens with one attached hydrogen (secondary N) is 1. The maximum atomic E-state index is 11.5. The number of aromatic carboxylic acids is 1. The number of hydrogen-bond acceptors (Lipinski definition) is 4. The van der Waals surface area contributed by atoms with E-state index in [0.29, 0.717) is 0 Å². The Kier molecular flexibility index (Phi) is 4.72. The Labute approximate surface area is 115 Å². The highest BCUT2D eigenvalue weighted by molar-refractivity contribution is 6.29. The number of carboxylic acids is 1. The lowest BCUT2D eigenvalue weighted by molar-refractivity contribution is 0.0520. The molecule has 1 amide bonds. The van der Waals surface area contributed by atoms with E-state index in [1.165, 1.54) is 12.1 Å². The molecule has 0 atom stereocenters. The van der Waals surface area contributed by atoms with Crippen LogP contribution in [0.3, 0.4) is 0 Å². The summed E-state index contributed by atoms with van der Waals surface area (Å²) in [5, 5.41) is 11.6. The van der Waals surface area contributed by atoms with Gasteiger partial charge in [-0.3, -0.25) is 0 Å². The van der Waals surface area contributed by atoms with E-state index in [2.05, 4.69) is 10.3 Å². The van der Waals surface area contributed by atoms with Crippen LogP contribution in [-0.2, 0) is 11.3 Å². The van der Waals surface area contributed by atoms with Gasteiger partial charge in [-0.1, -0.05) is 11.6 Å². The number of hydrogen-bond donors (Lipinski definition) is 2. The first-order valence-corrected chi connectivity index (χ1v) is 5.92. The number of amides is 1. The first-order chi connectivity index (χ1) is 8.69. The van der Waals surface area contributed by atoms with E-state index in [-0.39, 0.29) is 23.0 Å². The molecule has 0 aliphatic heterocycles. The highest BCUT2D eigenvalue weighted by Crippen LogP contribution is 2.12. The van der Waals surface area contributed by atoms with E-state index >= 15 is 0 Å². The number of halogens is 1. The number of carbonyl (C=O) groups excluding carboxylic acids is 1. The molecule has 7 heteroatoms. The van der Waals surface area contributed by atoms with Gasteiger partial charge in [-0.2, -0.15) is 0 Å². The van der Waals surface area contributed by atoms with Crippen molar-refractivity contribution in [2.75, 3.05) is 0 Å². The van der Waals surface area contributed by atoms with Gasteiger partial charge < -0.3 is 15.2 Å². The van der Waals surface area contributed by atoms with Crippen LogP contribution in [0.2, 0.25) is 5.15 Å². The summed E-state index contributed by atoms with van der Waals surface area (Å²) < 4.78 is 5.03. The van der Waals surface area contributed by atoms with Crippen molar-refractivity contribution in [3.8, 4) is 0 Å². The lowest BCUT2D eigenvalue weighted by Gasteiger charge is -2.19. The molecule has 0 fully saturated rings. The monoisotopic (exact) mass is 286 g/mol. The summed E-state index contributed by atoms with van der Waals surface area (Å²) in [5.74, 6) is -1.13. The summed E-state index contributed by atoms with van der Waals surface area (Å²) in [4.78, 5) is 26.3. The van der Waals surface area contributed by atoms with Crippen molar-refractivity contribution >= 4 is 23.7 Å². The molecule has 0 aliphatic carbocycles. The molecule has 0 spiro atoms. The molecule has 0 bridgehead atoms. The van der Waals surface area contributed by atoms with Crippen LogP contribution in [0.1, 0.15) is 36.8 Å². The molecule has 0 saturated carbocycles. The quantitative estimate of drug-likeness (QED) is 0.833. The molecule has 0 aliphatic rings. The first-order valence-electron chi connectivity index (χ1n) is 5.54. The Bertz CT molecular complexity index is 497. The molecule has 1 aromatic rings. The first kappa shape index (κ1) is 15.2. The standard InChI is InChI=1S/C12H15ClN2O4/c1-12(2,3)19-11(18)14-6-8-7(10(16)17)4-5-9(13)15-8/h4-5H,6H2,1-3H3,(H,14,18)(H,16,17). The van der Waals surface area contributed by atoms with Crippen molar-refractivity contribution in [3.05, 3.63) is 28.5 Å². The van der Waals surface area contributed by atoms with Crippen LogP contribution >= 0.6 is 11.6 Å². The molecular formula is C12H15ClN2O4. The third kappa shape index (κ3) is 5.13. The summed E-state index contributed by atoms with van der Waals surface area (Å²) >= 11 is 5.70. The lowest BCUT2D eigenvalue weighted by atomic mass is 10.2. The fourth-order valence-corrected chi connectivity index (χ4v) is 1.44. The molecule has 0 aromatic carbocycles. The summed E-state index contributed by atoms with van der Waals surface area (Å²) in [5.41, 5.74) is -0.465. The number of ether oxygens (including phenoxy) is 1. The smallest absolute Gasteiger partial charge is 0.407 e. The maximum Gasteiger partial charge on any atom is 0.407 e. The molecule has 1 aromatic heterocycles. The van der Waals surface area contributed by atoms with Gasteiger partial charge in [0.2, 0.25) is 0 Å². The largest absolute Gasteiger partial charge is 0.478 e. The van der Waals surface area contributed by atoms with Crippen LogP contribution in [0.15, 0.2) is 12.1 Å².